The number of fused-ring (bicyclic) bond motifs is 1. The Morgan fingerprint density at radius 2 is 1.78 bits per heavy atom. The van der Waals surface area contributed by atoms with Crippen molar-refractivity contribution in [1.29, 1.82) is 0 Å². The van der Waals surface area contributed by atoms with Crippen LogP contribution in [0.25, 0.3) is 0 Å². The highest BCUT2D eigenvalue weighted by Crippen LogP contribution is 2.42. The van der Waals surface area contributed by atoms with Gasteiger partial charge in [-0.2, -0.15) is 0 Å². The maximum absolute atomic E-state index is 12.1. The highest BCUT2D eigenvalue weighted by molar-refractivity contribution is 5.85. The molecule has 18 heavy (non-hydrogen) atoms. The standard InChI is InChI=1S/C14H24N2O.ClH/c1-2-9-3-5-10(6-4-9)14(17)16-13-11-7-15-8-12(11)13;/h9-13,15H,2-8H2,1H3,(H,16,17);1H. The van der Waals surface area contributed by atoms with Gasteiger partial charge < -0.3 is 10.6 Å². The fourth-order valence-electron chi connectivity index (χ4n) is 3.75. The van der Waals surface area contributed by atoms with Crippen LogP contribution in [0.3, 0.4) is 0 Å². The molecule has 0 bridgehead atoms. The normalized spacial score (nSPS) is 41.7. The topological polar surface area (TPSA) is 41.1 Å². The van der Waals surface area contributed by atoms with Crippen molar-refractivity contribution >= 4 is 18.3 Å². The van der Waals surface area contributed by atoms with Crippen LogP contribution >= 0.6 is 12.4 Å². The van der Waals surface area contributed by atoms with Gasteiger partial charge in [-0.15, -0.1) is 12.4 Å². The third-order valence-corrected chi connectivity index (χ3v) is 5.20. The summed E-state index contributed by atoms with van der Waals surface area (Å²) >= 11 is 0. The van der Waals surface area contributed by atoms with Crippen molar-refractivity contribution in [3.05, 3.63) is 0 Å². The quantitative estimate of drug-likeness (QED) is 0.825. The summed E-state index contributed by atoms with van der Waals surface area (Å²) in [7, 11) is 0. The highest BCUT2D eigenvalue weighted by atomic mass is 35.5. The lowest BCUT2D eigenvalue weighted by Crippen LogP contribution is -2.38. The summed E-state index contributed by atoms with van der Waals surface area (Å²) in [5, 5.41) is 6.65. The van der Waals surface area contributed by atoms with Gasteiger partial charge in [-0.05, 0) is 43.4 Å². The second-order valence-electron chi connectivity index (χ2n) is 6.15. The number of rotatable bonds is 3. The highest BCUT2D eigenvalue weighted by Gasteiger charge is 2.53. The number of nitrogens with one attached hydrogen (secondary N) is 2. The first-order chi connectivity index (χ1) is 8.29. The monoisotopic (exact) mass is 272 g/mol. The smallest absolute Gasteiger partial charge is 0.223 e. The summed E-state index contributed by atoms with van der Waals surface area (Å²) in [6.45, 7) is 4.49. The molecule has 0 aromatic rings. The molecule has 0 radical (unpaired) electrons. The van der Waals surface area contributed by atoms with Crippen molar-refractivity contribution < 1.29 is 4.79 Å². The van der Waals surface area contributed by atoms with E-state index in [-0.39, 0.29) is 12.4 Å². The molecule has 2 unspecified atom stereocenters. The van der Waals surface area contributed by atoms with E-state index in [4.69, 9.17) is 0 Å². The summed E-state index contributed by atoms with van der Waals surface area (Å²) in [4.78, 5) is 12.1. The zero-order chi connectivity index (χ0) is 11.8. The second kappa shape index (κ2) is 5.79. The zero-order valence-corrected chi connectivity index (χ0v) is 12.0. The maximum atomic E-state index is 12.1. The van der Waals surface area contributed by atoms with E-state index in [1.165, 1.54) is 19.3 Å². The number of carbonyl (C=O) groups excluding carboxylic acids is 1. The van der Waals surface area contributed by atoms with Crippen molar-refractivity contribution in [2.45, 2.75) is 45.1 Å². The molecule has 2 saturated carbocycles. The van der Waals surface area contributed by atoms with Crippen LogP contribution in [0.15, 0.2) is 0 Å². The fraction of sp³-hybridized carbons (Fsp3) is 0.929. The van der Waals surface area contributed by atoms with Crippen LogP contribution in [0.5, 0.6) is 0 Å². The lowest BCUT2D eigenvalue weighted by atomic mass is 9.80. The van der Waals surface area contributed by atoms with Gasteiger partial charge in [0.2, 0.25) is 5.91 Å². The van der Waals surface area contributed by atoms with E-state index in [9.17, 15) is 4.79 Å². The molecule has 3 fully saturated rings. The largest absolute Gasteiger partial charge is 0.352 e. The van der Waals surface area contributed by atoms with E-state index in [0.717, 1.165) is 43.7 Å². The van der Waals surface area contributed by atoms with Gasteiger partial charge in [-0.3, -0.25) is 4.79 Å². The summed E-state index contributed by atoms with van der Waals surface area (Å²) in [6, 6.07) is 0.507. The van der Waals surface area contributed by atoms with Gasteiger partial charge in [0.15, 0.2) is 0 Å². The fourth-order valence-corrected chi connectivity index (χ4v) is 3.75. The van der Waals surface area contributed by atoms with Crippen molar-refractivity contribution in [1.82, 2.24) is 10.6 Å². The number of carbonyl (C=O) groups is 1. The zero-order valence-electron chi connectivity index (χ0n) is 11.2. The van der Waals surface area contributed by atoms with Crippen molar-refractivity contribution in [2.75, 3.05) is 13.1 Å². The van der Waals surface area contributed by atoms with Gasteiger partial charge in [0.25, 0.3) is 0 Å². The Balaban J connectivity index is 0.00000120. The maximum Gasteiger partial charge on any atom is 0.223 e. The molecule has 1 saturated heterocycles. The first kappa shape index (κ1) is 14.1. The molecule has 0 spiro atoms. The van der Waals surface area contributed by atoms with Crippen molar-refractivity contribution in [2.24, 2.45) is 23.7 Å². The van der Waals surface area contributed by atoms with E-state index in [1.54, 1.807) is 0 Å². The van der Waals surface area contributed by atoms with Crippen LogP contribution in [0, 0.1) is 23.7 Å². The number of hydrogen-bond donors (Lipinski definition) is 2. The first-order valence-corrected chi connectivity index (χ1v) is 7.30. The first-order valence-electron chi connectivity index (χ1n) is 7.30. The Labute approximate surface area is 116 Å². The number of piperidine rings is 1. The molecule has 1 amide bonds. The SMILES string of the molecule is CCC1CCC(C(=O)NC2C3CNCC32)CC1.Cl. The Hall–Kier alpha value is -0.280. The molecule has 3 nitrogen and oxygen atoms in total. The summed E-state index contributed by atoms with van der Waals surface area (Å²) in [6.07, 6.45) is 6.03. The summed E-state index contributed by atoms with van der Waals surface area (Å²) < 4.78 is 0. The van der Waals surface area contributed by atoms with Crippen LogP contribution in [-0.2, 0) is 4.79 Å². The molecular formula is C14H25ClN2O. The third kappa shape index (κ3) is 2.67. The van der Waals surface area contributed by atoms with E-state index in [1.807, 2.05) is 0 Å². The Morgan fingerprint density at radius 3 is 2.33 bits per heavy atom. The Morgan fingerprint density at radius 1 is 1.17 bits per heavy atom. The average molecular weight is 273 g/mol. The molecular weight excluding hydrogens is 248 g/mol. The van der Waals surface area contributed by atoms with Crippen LogP contribution in [0.1, 0.15) is 39.0 Å². The lowest BCUT2D eigenvalue weighted by Gasteiger charge is -2.27. The predicted molar refractivity (Wildman–Crippen MR) is 74.8 cm³/mol. The minimum Gasteiger partial charge on any atom is -0.352 e. The van der Waals surface area contributed by atoms with Gasteiger partial charge in [-0.1, -0.05) is 13.3 Å². The molecule has 2 atom stereocenters. The minimum atomic E-state index is 0. The van der Waals surface area contributed by atoms with Crippen LogP contribution in [0.2, 0.25) is 0 Å². The molecule has 1 heterocycles. The van der Waals surface area contributed by atoms with Gasteiger partial charge in [0.05, 0.1) is 0 Å². The Kier molecular flexibility index (Phi) is 4.54. The second-order valence-corrected chi connectivity index (χ2v) is 6.15. The number of halogens is 1. The summed E-state index contributed by atoms with van der Waals surface area (Å²) in [5.74, 6) is 3.02. The van der Waals surface area contributed by atoms with E-state index >= 15 is 0 Å². The molecule has 4 heteroatoms. The average Bonchev–Trinajstić information content (AvgIpc) is 2.80. The van der Waals surface area contributed by atoms with Gasteiger partial charge >= 0.3 is 0 Å². The minimum absolute atomic E-state index is 0. The van der Waals surface area contributed by atoms with Gasteiger partial charge in [0, 0.05) is 25.0 Å². The van der Waals surface area contributed by atoms with Crippen LogP contribution < -0.4 is 10.6 Å². The molecule has 3 aliphatic rings. The third-order valence-electron chi connectivity index (χ3n) is 5.20. The molecule has 3 rings (SSSR count). The lowest BCUT2D eigenvalue weighted by molar-refractivity contribution is -0.126. The summed E-state index contributed by atoms with van der Waals surface area (Å²) in [5.41, 5.74) is 0. The molecule has 0 aromatic carbocycles. The van der Waals surface area contributed by atoms with Crippen LogP contribution in [0.4, 0.5) is 0 Å². The van der Waals surface area contributed by atoms with Crippen LogP contribution in [-0.4, -0.2) is 25.0 Å². The van der Waals surface area contributed by atoms with Crippen molar-refractivity contribution in [3.63, 3.8) is 0 Å². The Bertz CT molecular complexity index is 292. The molecule has 0 aromatic heterocycles. The molecule has 2 N–H and O–H groups in total. The van der Waals surface area contributed by atoms with Crippen molar-refractivity contribution in [3.8, 4) is 0 Å². The van der Waals surface area contributed by atoms with Gasteiger partial charge in [-0.25, -0.2) is 0 Å². The number of amides is 1. The molecule has 1 aliphatic heterocycles. The molecule has 2 aliphatic carbocycles. The van der Waals surface area contributed by atoms with E-state index in [2.05, 4.69) is 17.6 Å². The predicted octanol–water partition coefficient (Wildman–Crippen LogP) is 1.96. The van der Waals surface area contributed by atoms with Gasteiger partial charge in [0.1, 0.15) is 0 Å². The van der Waals surface area contributed by atoms with E-state index in [0.29, 0.717) is 17.9 Å². The molecule has 104 valence electrons. The number of hydrogen-bond acceptors (Lipinski definition) is 2. The van der Waals surface area contributed by atoms with E-state index < -0.39 is 0 Å².